The normalized spacial score (nSPS) is 13.9. The molecule has 1 rings (SSSR count). The number of benzene rings is 1. The van der Waals surface area contributed by atoms with Gasteiger partial charge in [0, 0.05) is 0 Å². The van der Waals surface area contributed by atoms with Crippen LogP contribution in [0.3, 0.4) is 0 Å². The third-order valence-corrected chi connectivity index (χ3v) is 2.81. The van der Waals surface area contributed by atoms with Crippen molar-refractivity contribution in [3.05, 3.63) is 29.8 Å². The van der Waals surface area contributed by atoms with Crippen molar-refractivity contribution in [1.29, 1.82) is 5.26 Å². The number of nitrogens with zero attached hydrogens (tertiary/aromatic N) is 1. The van der Waals surface area contributed by atoms with Gasteiger partial charge in [-0.05, 0) is 24.0 Å². The summed E-state index contributed by atoms with van der Waals surface area (Å²) in [6.45, 7) is 4.53. The molecule has 1 aromatic carbocycles. The van der Waals surface area contributed by atoms with Crippen molar-refractivity contribution >= 4 is 11.6 Å². The van der Waals surface area contributed by atoms with Crippen molar-refractivity contribution < 1.29 is 4.74 Å². The van der Waals surface area contributed by atoms with Crippen LogP contribution >= 0.6 is 11.6 Å². The van der Waals surface area contributed by atoms with Gasteiger partial charge in [-0.1, -0.05) is 32.0 Å². The molecule has 0 fully saturated rings. The molecule has 0 aliphatic carbocycles. The minimum absolute atomic E-state index is 0.228. The molecule has 2 atom stereocenters. The Kier molecular flexibility index (Phi) is 5.14. The van der Waals surface area contributed by atoms with E-state index in [2.05, 4.69) is 19.9 Å². The van der Waals surface area contributed by atoms with Gasteiger partial charge in [0.05, 0.1) is 6.07 Å². The molecule has 86 valence electrons. The molecule has 0 radical (unpaired) electrons. The number of rotatable bonds is 5. The molecule has 0 aliphatic heterocycles. The number of hydrogen-bond acceptors (Lipinski definition) is 2. The van der Waals surface area contributed by atoms with Crippen molar-refractivity contribution in [3.8, 4) is 11.8 Å². The molecule has 0 bridgehead atoms. The largest absolute Gasteiger partial charge is 0.491 e. The predicted octanol–water partition coefficient (Wildman–Crippen LogP) is 3.71. The Morgan fingerprint density at radius 2 is 2.12 bits per heavy atom. The van der Waals surface area contributed by atoms with Gasteiger partial charge in [0.25, 0.3) is 0 Å². The van der Waals surface area contributed by atoms with Crippen LogP contribution in [-0.2, 0) is 0 Å². The number of ether oxygens (including phenoxy) is 1. The number of alkyl halides is 1. The molecule has 0 saturated carbocycles. The fourth-order valence-corrected chi connectivity index (χ4v) is 1.50. The molecule has 16 heavy (non-hydrogen) atoms. The smallest absolute Gasteiger partial charge is 0.154 e. The second-order valence-electron chi connectivity index (χ2n) is 3.75. The Balaban J connectivity index is 2.76. The average molecular weight is 238 g/mol. The molecule has 0 N–H and O–H groups in total. The maximum atomic E-state index is 8.58. The van der Waals surface area contributed by atoms with E-state index in [9.17, 15) is 0 Å². The minimum Gasteiger partial charge on any atom is -0.491 e. The SMILES string of the molecule is CCC(C)c1ccccc1OCC(Cl)C#N. The summed E-state index contributed by atoms with van der Waals surface area (Å²) in [6.07, 6.45) is 1.06. The van der Waals surface area contributed by atoms with Gasteiger partial charge in [0.1, 0.15) is 12.4 Å². The predicted molar refractivity (Wildman–Crippen MR) is 65.9 cm³/mol. The van der Waals surface area contributed by atoms with Gasteiger partial charge in [0.2, 0.25) is 0 Å². The quantitative estimate of drug-likeness (QED) is 0.732. The molecule has 2 unspecified atom stereocenters. The highest BCUT2D eigenvalue weighted by atomic mass is 35.5. The van der Waals surface area contributed by atoms with Gasteiger partial charge >= 0.3 is 0 Å². The molecule has 3 heteroatoms. The highest BCUT2D eigenvalue weighted by molar-refractivity contribution is 6.22. The standard InChI is InChI=1S/C13H16ClNO/c1-3-10(2)12-6-4-5-7-13(12)16-9-11(14)8-15/h4-7,10-11H,3,9H2,1-2H3. The van der Waals surface area contributed by atoms with E-state index in [1.807, 2.05) is 24.3 Å². The van der Waals surface area contributed by atoms with E-state index >= 15 is 0 Å². The zero-order valence-corrected chi connectivity index (χ0v) is 10.4. The van der Waals surface area contributed by atoms with Crippen LogP contribution < -0.4 is 4.74 Å². The number of halogens is 1. The monoisotopic (exact) mass is 237 g/mol. The van der Waals surface area contributed by atoms with Crippen LogP contribution in [0.15, 0.2) is 24.3 Å². The molecule has 1 aromatic rings. The highest BCUT2D eigenvalue weighted by Crippen LogP contribution is 2.28. The van der Waals surface area contributed by atoms with Crippen molar-refractivity contribution in [2.24, 2.45) is 0 Å². The molecule has 0 amide bonds. The maximum absolute atomic E-state index is 8.58. The molecule has 0 spiro atoms. The molecular formula is C13H16ClNO. The zero-order chi connectivity index (χ0) is 12.0. The van der Waals surface area contributed by atoms with Crippen LogP contribution in [0.4, 0.5) is 0 Å². The van der Waals surface area contributed by atoms with Gasteiger partial charge < -0.3 is 4.74 Å². The zero-order valence-electron chi connectivity index (χ0n) is 9.61. The molecular weight excluding hydrogens is 222 g/mol. The summed E-state index contributed by atoms with van der Waals surface area (Å²) in [5.74, 6) is 1.28. The van der Waals surface area contributed by atoms with Crippen molar-refractivity contribution in [1.82, 2.24) is 0 Å². The van der Waals surface area contributed by atoms with Crippen molar-refractivity contribution in [2.45, 2.75) is 31.6 Å². The van der Waals surface area contributed by atoms with Gasteiger partial charge in [-0.3, -0.25) is 0 Å². The second-order valence-corrected chi connectivity index (χ2v) is 4.28. The third-order valence-electron chi connectivity index (χ3n) is 2.59. The average Bonchev–Trinajstić information content (AvgIpc) is 2.35. The van der Waals surface area contributed by atoms with Crippen LogP contribution in [0.5, 0.6) is 5.75 Å². The van der Waals surface area contributed by atoms with Crippen LogP contribution in [0.25, 0.3) is 0 Å². The summed E-state index contributed by atoms with van der Waals surface area (Å²) >= 11 is 5.69. The number of para-hydroxylation sites is 1. The molecule has 0 heterocycles. The van der Waals surface area contributed by atoms with Crippen molar-refractivity contribution in [2.75, 3.05) is 6.61 Å². The Morgan fingerprint density at radius 3 is 2.75 bits per heavy atom. The summed E-state index contributed by atoms with van der Waals surface area (Å²) in [7, 11) is 0. The lowest BCUT2D eigenvalue weighted by Crippen LogP contribution is -2.10. The first kappa shape index (κ1) is 12.9. The second kappa shape index (κ2) is 6.40. The first-order valence-corrected chi connectivity index (χ1v) is 5.88. The Morgan fingerprint density at radius 1 is 1.44 bits per heavy atom. The van der Waals surface area contributed by atoms with Crippen molar-refractivity contribution in [3.63, 3.8) is 0 Å². The van der Waals surface area contributed by atoms with E-state index in [0.717, 1.165) is 12.2 Å². The van der Waals surface area contributed by atoms with Crippen LogP contribution in [-0.4, -0.2) is 12.0 Å². The number of nitriles is 1. The Labute approximate surface area is 102 Å². The molecule has 0 aromatic heterocycles. The summed E-state index contributed by atoms with van der Waals surface area (Å²) < 4.78 is 5.56. The molecule has 0 saturated heterocycles. The van der Waals surface area contributed by atoms with E-state index < -0.39 is 5.38 Å². The first-order chi connectivity index (χ1) is 7.69. The molecule has 0 aliphatic rings. The fraction of sp³-hybridized carbons (Fsp3) is 0.462. The third kappa shape index (κ3) is 3.43. The van der Waals surface area contributed by atoms with Gasteiger partial charge in [-0.25, -0.2) is 0 Å². The Bertz CT molecular complexity index is 372. The lowest BCUT2D eigenvalue weighted by molar-refractivity contribution is 0.323. The lowest BCUT2D eigenvalue weighted by Gasteiger charge is -2.15. The van der Waals surface area contributed by atoms with E-state index in [-0.39, 0.29) is 6.61 Å². The van der Waals surface area contributed by atoms with Gasteiger partial charge in [-0.2, -0.15) is 5.26 Å². The van der Waals surface area contributed by atoms with Crippen LogP contribution in [0.2, 0.25) is 0 Å². The van der Waals surface area contributed by atoms with Crippen LogP contribution in [0, 0.1) is 11.3 Å². The van der Waals surface area contributed by atoms with E-state index in [0.29, 0.717) is 5.92 Å². The summed E-state index contributed by atoms with van der Waals surface area (Å²) in [5, 5.41) is 7.98. The summed E-state index contributed by atoms with van der Waals surface area (Å²) in [6, 6.07) is 9.84. The number of hydrogen-bond donors (Lipinski definition) is 0. The van der Waals surface area contributed by atoms with Gasteiger partial charge in [-0.15, -0.1) is 11.6 Å². The van der Waals surface area contributed by atoms with E-state index in [1.165, 1.54) is 5.56 Å². The van der Waals surface area contributed by atoms with Gasteiger partial charge in [0.15, 0.2) is 5.38 Å². The van der Waals surface area contributed by atoms with E-state index in [1.54, 1.807) is 0 Å². The summed E-state index contributed by atoms with van der Waals surface area (Å²) in [4.78, 5) is 0. The lowest BCUT2D eigenvalue weighted by atomic mass is 9.98. The fourth-order valence-electron chi connectivity index (χ4n) is 1.44. The topological polar surface area (TPSA) is 33.0 Å². The Hall–Kier alpha value is -1.20. The molecule has 2 nitrogen and oxygen atoms in total. The highest BCUT2D eigenvalue weighted by Gasteiger charge is 2.10. The minimum atomic E-state index is -0.593. The first-order valence-electron chi connectivity index (χ1n) is 5.44. The summed E-state index contributed by atoms with van der Waals surface area (Å²) in [5.41, 5.74) is 1.17. The maximum Gasteiger partial charge on any atom is 0.154 e. The van der Waals surface area contributed by atoms with Crippen LogP contribution in [0.1, 0.15) is 31.7 Å². The van der Waals surface area contributed by atoms with E-state index in [4.69, 9.17) is 21.6 Å².